The van der Waals surface area contributed by atoms with E-state index in [4.69, 9.17) is 0 Å². The number of hydrogen-bond donors (Lipinski definition) is 0. The van der Waals surface area contributed by atoms with Crippen LogP contribution in [0.1, 0.15) is 10.4 Å². The molecule has 4 nitrogen and oxygen atoms in total. The number of aldehydes is 1. The molecule has 3 rings (SSSR count). The molecule has 2 amide bonds. The maximum atomic E-state index is 12.1. The molecule has 90 valence electrons. The van der Waals surface area contributed by atoms with Crippen molar-refractivity contribution >= 4 is 34.5 Å². The minimum atomic E-state index is -0.0751. The normalized spacial score (nSPS) is 14.2. The van der Waals surface area contributed by atoms with E-state index >= 15 is 0 Å². The van der Waals surface area contributed by atoms with Crippen molar-refractivity contribution in [1.29, 1.82) is 0 Å². The first-order valence-electron chi connectivity index (χ1n) is 5.67. The number of carbonyl (C=O) groups excluding carboxylic acids is 2. The standard InChI is InChI=1S/C14H12N2O2/c1-15-11-5-3-4-10-9(8-17)6-7-12(13(10)11)16(2)14(15)18/h3-8H,1-2H3. The van der Waals surface area contributed by atoms with E-state index in [0.29, 0.717) is 5.56 Å². The highest BCUT2D eigenvalue weighted by Gasteiger charge is 2.27. The Balaban J connectivity index is 2.49. The van der Waals surface area contributed by atoms with Gasteiger partial charge in [-0.05, 0) is 23.6 Å². The van der Waals surface area contributed by atoms with Crippen molar-refractivity contribution in [2.75, 3.05) is 23.9 Å². The molecule has 0 bridgehead atoms. The summed E-state index contributed by atoms with van der Waals surface area (Å²) in [6.45, 7) is 0. The van der Waals surface area contributed by atoms with Gasteiger partial charge in [-0.2, -0.15) is 0 Å². The van der Waals surface area contributed by atoms with E-state index in [9.17, 15) is 9.59 Å². The van der Waals surface area contributed by atoms with Crippen molar-refractivity contribution in [1.82, 2.24) is 0 Å². The van der Waals surface area contributed by atoms with Crippen LogP contribution in [-0.2, 0) is 0 Å². The molecule has 0 fully saturated rings. The topological polar surface area (TPSA) is 40.6 Å². The molecule has 0 unspecified atom stereocenters. The van der Waals surface area contributed by atoms with Crippen LogP contribution in [0.3, 0.4) is 0 Å². The molecule has 0 spiro atoms. The third kappa shape index (κ3) is 1.20. The Morgan fingerprint density at radius 2 is 1.67 bits per heavy atom. The predicted octanol–water partition coefficient (Wildman–Crippen LogP) is 2.66. The predicted molar refractivity (Wildman–Crippen MR) is 71.5 cm³/mol. The van der Waals surface area contributed by atoms with E-state index in [-0.39, 0.29) is 6.03 Å². The van der Waals surface area contributed by atoms with E-state index in [1.54, 1.807) is 30.0 Å². The summed E-state index contributed by atoms with van der Waals surface area (Å²) in [5, 5.41) is 1.83. The summed E-state index contributed by atoms with van der Waals surface area (Å²) < 4.78 is 0. The van der Waals surface area contributed by atoms with Gasteiger partial charge < -0.3 is 0 Å². The maximum Gasteiger partial charge on any atom is 0.328 e. The lowest BCUT2D eigenvalue weighted by molar-refractivity contribution is 0.112. The van der Waals surface area contributed by atoms with E-state index < -0.39 is 0 Å². The summed E-state index contributed by atoms with van der Waals surface area (Å²) in [6, 6.07) is 9.16. The zero-order chi connectivity index (χ0) is 12.9. The molecule has 4 heteroatoms. The van der Waals surface area contributed by atoms with Gasteiger partial charge in [0.15, 0.2) is 6.29 Å². The first kappa shape index (κ1) is 10.8. The van der Waals surface area contributed by atoms with Gasteiger partial charge in [0.05, 0.1) is 11.4 Å². The molecule has 0 aromatic heterocycles. The van der Waals surface area contributed by atoms with Crippen LogP contribution in [0.5, 0.6) is 0 Å². The van der Waals surface area contributed by atoms with Crippen LogP contribution in [0.2, 0.25) is 0 Å². The molecule has 0 saturated carbocycles. The van der Waals surface area contributed by atoms with Crippen LogP contribution in [-0.4, -0.2) is 26.4 Å². The Labute approximate surface area is 104 Å². The lowest BCUT2D eigenvalue weighted by atomic mass is 9.99. The lowest BCUT2D eigenvalue weighted by Gasteiger charge is -2.32. The molecule has 1 aliphatic rings. The first-order chi connectivity index (χ1) is 8.65. The van der Waals surface area contributed by atoms with Gasteiger partial charge in [0.1, 0.15) is 0 Å². The molecule has 2 aromatic carbocycles. The average molecular weight is 240 g/mol. The molecule has 0 N–H and O–H groups in total. The first-order valence-corrected chi connectivity index (χ1v) is 5.67. The number of hydrogen-bond acceptors (Lipinski definition) is 2. The Morgan fingerprint density at radius 3 is 2.33 bits per heavy atom. The maximum absolute atomic E-state index is 12.1. The second kappa shape index (κ2) is 3.57. The van der Waals surface area contributed by atoms with Crippen molar-refractivity contribution in [2.45, 2.75) is 0 Å². The Morgan fingerprint density at radius 1 is 1.00 bits per heavy atom. The fraction of sp³-hybridized carbons (Fsp3) is 0.143. The molecule has 1 heterocycles. The van der Waals surface area contributed by atoms with Crippen LogP contribution in [0.25, 0.3) is 10.8 Å². The molecule has 0 saturated heterocycles. The molecular formula is C14H12N2O2. The summed E-state index contributed by atoms with van der Waals surface area (Å²) in [5.74, 6) is 0. The van der Waals surface area contributed by atoms with Crippen LogP contribution >= 0.6 is 0 Å². The van der Waals surface area contributed by atoms with Crippen LogP contribution < -0.4 is 9.80 Å². The highest BCUT2D eigenvalue weighted by molar-refractivity contribution is 6.21. The summed E-state index contributed by atoms with van der Waals surface area (Å²) in [6.07, 6.45) is 0.847. The van der Waals surface area contributed by atoms with E-state index in [2.05, 4.69) is 0 Å². The van der Waals surface area contributed by atoms with Gasteiger partial charge in [0, 0.05) is 25.0 Å². The number of amides is 2. The highest BCUT2D eigenvalue weighted by atomic mass is 16.2. The largest absolute Gasteiger partial charge is 0.328 e. The summed E-state index contributed by atoms with van der Waals surface area (Å²) in [4.78, 5) is 26.3. The van der Waals surface area contributed by atoms with Gasteiger partial charge in [0.25, 0.3) is 0 Å². The molecule has 2 aromatic rings. The molecule has 0 radical (unpaired) electrons. The van der Waals surface area contributed by atoms with Crippen LogP contribution in [0.4, 0.5) is 16.2 Å². The van der Waals surface area contributed by atoms with Crippen molar-refractivity contribution in [3.05, 3.63) is 35.9 Å². The molecule has 0 atom stereocenters. The Bertz CT molecular complexity index is 661. The lowest BCUT2D eigenvalue weighted by Crippen LogP contribution is -2.41. The highest BCUT2D eigenvalue weighted by Crippen LogP contribution is 2.39. The van der Waals surface area contributed by atoms with Crippen LogP contribution in [0.15, 0.2) is 30.3 Å². The number of urea groups is 1. The fourth-order valence-electron chi connectivity index (χ4n) is 2.48. The van der Waals surface area contributed by atoms with Gasteiger partial charge in [-0.25, -0.2) is 4.79 Å². The SMILES string of the molecule is CN1C(=O)N(C)c2ccc(C=O)c3cccc1c23. The second-order valence-electron chi connectivity index (χ2n) is 4.39. The van der Waals surface area contributed by atoms with Gasteiger partial charge in [-0.1, -0.05) is 12.1 Å². The Kier molecular flexibility index (Phi) is 2.13. The summed E-state index contributed by atoms with van der Waals surface area (Å²) in [7, 11) is 3.48. The van der Waals surface area contributed by atoms with Gasteiger partial charge in [0.2, 0.25) is 0 Å². The summed E-state index contributed by atoms with van der Waals surface area (Å²) >= 11 is 0. The molecule has 1 aliphatic heterocycles. The van der Waals surface area contributed by atoms with Crippen LogP contribution in [0, 0.1) is 0 Å². The average Bonchev–Trinajstić information content (AvgIpc) is 2.41. The van der Waals surface area contributed by atoms with E-state index in [1.165, 1.54) is 0 Å². The van der Waals surface area contributed by atoms with Gasteiger partial charge in [-0.3, -0.25) is 14.6 Å². The van der Waals surface area contributed by atoms with Crippen molar-refractivity contribution in [3.8, 4) is 0 Å². The number of anilines is 2. The van der Waals surface area contributed by atoms with Crippen molar-refractivity contribution in [3.63, 3.8) is 0 Å². The monoisotopic (exact) mass is 240 g/mol. The summed E-state index contributed by atoms with van der Waals surface area (Å²) in [5.41, 5.74) is 2.33. The molecule has 0 aliphatic carbocycles. The van der Waals surface area contributed by atoms with Gasteiger partial charge in [-0.15, -0.1) is 0 Å². The molecule has 18 heavy (non-hydrogen) atoms. The quantitative estimate of drug-likeness (QED) is 0.719. The van der Waals surface area contributed by atoms with Gasteiger partial charge >= 0.3 is 6.03 Å². The Hall–Kier alpha value is -2.36. The number of nitrogens with zero attached hydrogens (tertiary/aromatic N) is 2. The smallest absolute Gasteiger partial charge is 0.298 e. The fourth-order valence-corrected chi connectivity index (χ4v) is 2.48. The van der Waals surface area contributed by atoms with Crippen molar-refractivity contribution in [2.24, 2.45) is 0 Å². The number of carbonyl (C=O) groups is 2. The van der Waals surface area contributed by atoms with E-state index in [1.807, 2.05) is 24.3 Å². The third-order valence-corrected chi connectivity index (χ3v) is 3.45. The number of rotatable bonds is 1. The van der Waals surface area contributed by atoms with Crippen molar-refractivity contribution < 1.29 is 9.59 Å². The third-order valence-electron chi connectivity index (χ3n) is 3.45. The number of benzene rings is 2. The van der Waals surface area contributed by atoms with E-state index in [0.717, 1.165) is 28.4 Å². The zero-order valence-corrected chi connectivity index (χ0v) is 10.2. The zero-order valence-electron chi connectivity index (χ0n) is 10.2. The minimum Gasteiger partial charge on any atom is -0.298 e. The second-order valence-corrected chi connectivity index (χ2v) is 4.39. The molecular weight excluding hydrogens is 228 g/mol. The minimum absolute atomic E-state index is 0.0751.